The van der Waals surface area contributed by atoms with Gasteiger partial charge in [-0.15, -0.1) is 0 Å². The van der Waals surface area contributed by atoms with Gasteiger partial charge in [-0.05, 0) is 39.0 Å². The fraction of sp³-hybridized carbons (Fsp3) is 0.600. The Labute approximate surface area is 129 Å². The topological polar surface area (TPSA) is 61.3 Å². The SMILES string of the molecule is CC[N+](CC)(CC)CCCOc1ccc(N)cc1N.[Cl-]. The number of anilines is 2. The summed E-state index contributed by atoms with van der Waals surface area (Å²) in [4.78, 5) is 0. The molecule has 1 aromatic rings. The van der Waals surface area contributed by atoms with Crippen LogP contribution in [0.5, 0.6) is 5.75 Å². The van der Waals surface area contributed by atoms with Crippen molar-refractivity contribution in [1.82, 2.24) is 0 Å². The molecule has 0 bridgehead atoms. The van der Waals surface area contributed by atoms with Gasteiger partial charge in [0, 0.05) is 12.1 Å². The van der Waals surface area contributed by atoms with E-state index in [0.29, 0.717) is 18.0 Å². The normalized spacial score (nSPS) is 10.9. The minimum absolute atomic E-state index is 0. The maximum absolute atomic E-state index is 5.86. The van der Waals surface area contributed by atoms with Crippen LogP contribution in [0.4, 0.5) is 11.4 Å². The van der Waals surface area contributed by atoms with Crippen molar-refractivity contribution in [2.24, 2.45) is 0 Å². The van der Waals surface area contributed by atoms with E-state index in [0.717, 1.165) is 23.2 Å². The van der Waals surface area contributed by atoms with Crippen LogP contribution in [0.1, 0.15) is 27.2 Å². The van der Waals surface area contributed by atoms with Gasteiger partial charge >= 0.3 is 0 Å². The second-order valence-electron chi connectivity index (χ2n) is 5.01. The first-order valence-electron chi connectivity index (χ1n) is 7.19. The van der Waals surface area contributed by atoms with Crippen molar-refractivity contribution in [1.29, 1.82) is 0 Å². The lowest BCUT2D eigenvalue weighted by molar-refractivity contribution is -0.923. The maximum atomic E-state index is 5.86. The zero-order valence-corrected chi connectivity index (χ0v) is 13.6. The highest BCUT2D eigenvalue weighted by Crippen LogP contribution is 2.23. The smallest absolute Gasteiger partial charge is 0.142 e. The Kier molecular flexibility index (Phi) is 8.42. The predicted molar refractivity (Wildman–Crippen MR) is 82.1 cm³/mol. The molecule has 1 aromatic carbocycles. The molecule has 4 N–H and O–H groups in total. The average molecular weight is 302 g/mol. The minimum Gasteiger partial charge on any atom is -1.00 e. The molecule has 0 spiro atoms. The van der Waals surface area contributed by atoms with Gasteiger partial charge in [0.25, 0.3) is 0 Å². The Bertz CT molecular complexity index is 386. The first kappa shape index (κ1) is 18.9. The second-order valence-corrected chi connectivity index (χ2v) is 5.01. The first-order chi connectivity index (χ1) is 9.06. The molecule has 0 aromatic heterocycles. The third kappa shape index (κ3) is 5.10. The minimum atomic E-state index is 0. The van der Waals surface area contributed by atoms with E-state index in [2.05, 4.69) is 20.8 Å². The molecule has 0 fully saturated rings. The van der Waals surface area contributed by atoms with Gasteiger partial charge in [0.05, 0.1) is 38.5 Å². The van der Waals surface area contributed by atoms with Gasteiger partial charge in [0.2, 0.25) is 0 Å². The van der Waals surface area contributed by atoms with Gasteiger partial charge in [0.15, 0.2) is 0 Å². The van der Waals surface area contributed by atoms with Crippen LogP contribution in [-0.2, 0) is 0 Å². The number of hydrogen-bond acceptors (Lipinski definition) is 3. The molecule has 1 rings (SSSR count). The van der Waals surface area contributed by atoms with Gasteiger partial charge in [-0.3, -0.25) is 0 Å². The number of ether oxygens (including phenoxy) is 1. The lowest BCUT2D eigenvalue weighted by atomic mass is 10.2. The number of halogens is 1. The van der Waals surface area contributed by atoms with Crippen LogP contribution in [0.2, 0.25) is 0 Å². The van der Waals surface area contributed by atoms with E-state index in [1.807, 2.05) is 12.1 Å². The highest BCUT2D eigenvalue weighted by atomic mass is 35.5. The van der Waals surface area contributed by atoms with E-state index in [1.165, 1.54) is 19.6 Å². The Balaban J connectivity index is 0.00000361. The highest BCUT2D eigenvalue weighted by Gasteiger charge is 2.19. The summed E-state index contributed by atoms with van der Waals surface area (Å²) in [7, 11) is 0. The molecule has 0 aliphatic rings. The molecule has 0 radical (unpaired) electrons. The second kappa shape index (κ2) is 8.93. The molecule has 0 unspecified atom stereocenters. The number of quaternary nitrogens is 1. The fourth-order valence-corrected chi connectivity index (χ4v) is 2.43. The molecule has 0 aliphatic heterocycles. The van der Waals surface area contributed by atoms with E-state index < -0.39 is 0 Å². The van der Waals surface area contributed by atoms with E-state index >= 15 is 0 Å². The molecule has 0 heterocycles. The molecule has 0 saturated carbocycles. The van der Waals surface area contributed by atoms with Gasteiger partial charge in [-0.25, -0.2) is 0 Å². The fourth-order valence-electron chi connectivity index (χ4n) is 2.43. The van der Waals surface area contributed by atoms with E-state index in [-0.39, 0.29) is 12.4 Å². The van der Waals surface area contributed by atoms with Crippen LogP contribution >= 0.6 is 0 Å². The standard InChI is InChI=1S/C15H28N3O.ClH/c1-4-18(5-2,6-3)10-7-11-19-15-9-8-13(16)12-14(15)17;/h8-9,12H,4-7,10-11,16-17H2,1-3H3;1H/q+1;/p-1. The number of nitrogen functional groups attached to an aromatic ring is 2. The van der Waals surface area contributed by atoms with Gasteiger partial charge in [0.1, 0.15) is 5.75 Å². The summed E-state index contributed by atoms with van der Waals surface area (Å²) in [5, 5.41) is 0. The largest absolute Gasteiger partial charge is 1.00 e. The van der Waals surface area contributed by atoms with Gasteiger partial charge in [-0.1, -0.05) is 0 Å². The lowest BCUT2D eigenvalue weighted by Crippen LogP contribution is -3.00. The van der Waals surface area contributed by atoms with Crippen molar-refractivity contribution in [3.8, 4) is 5.75 Å². The monoisotopic (exact) mass is 301 g/mol. The molecule has 0 saturated heterocycles. The van der Waals surface area contributed by atoms with Crippen molar-refractivity contribution >= 4 is 11.4 Å². The third-order valence-corrected chi connectivity index (χ3v) is 4.08. The van der Waals surface area contributed by atoms with Crippen molar-refractivity contribution < 1.29 is 21.6 Å². The zero-order valence-electron chi connectivity index (χ0n) is 12.9. The van der Waals surface area contributed by atoms with E-state index in [9.17, 15) is 0 Å². The first-order valence-corrected chi connectivity index (χ1v) is 7.19. The van der Waals surface area contributed by atoms with Crippen LogP contribution < -0.4 is 28.6 Å². The summed E-state index contributed by atoms with van der Waals surface area (Å²) in [6, 6.07) is 5.39. The van der Waals surface area contributed by atoms with Crippen LogP contribution in [0.25, 0.3) is 0 Å². The van der Waals surface area contributed by atoms with Crippen molar-refractivity contribution in [3.63, 3.8) is 0 Å². The molecule has 0 atom stereocenters. The Morgan fingerprint density at radius 2 is 1.65 bits per heavy atom. The summed E-state index contributed by atoms with van der Waals surface area (Å²) in [5.41, 5.74) is 12.8. The average Bonchev–Trinajstić information content (AvgIpc) is 2.42. The van der Waals surface area contributed by atoms with E-state index in [4.69, 9.17) is 16.2 Å². The van der Waals surface area contributed by atoms with Gasteiger partial charge in [-0.2, -0.15) is 0 Å². The summed E-state index contributed by atoms with van der Waals surface area (Å²) in [5.74, 6) is 0.733. The molecule has 4 nitrogen and oxygen atoms in total. The molecule has 5 heteroatoms. The van der Waals surface area contributed by atoms with Crippen LogP contribution in [0, 0.1) is 0 Å². The number of benzene rings is 1. The molecular formula is C15H28ClN3O. The Hall–Kier alpha value is -1.13. The predicted octanol–water partition coefficient (Wildman–Crippen LogP) is -0.500. The van der Waals surface area contributed by atoms with Gasteiger partial charge < -0.3 is 33.1 Å². The lowest BCUT2D eigenvalue weighted by Gasteiger charge is -2.35. The Morgan fingerprint density at radius 1 is 1.05 bits per heavy atom. The van der Waals surface area contributed by atoms with Crippen molar-refractivity contribution in [2.45, 2.75) is 27.2 Å². The molecule has 0 aliphatic carbocycles. The summed E-state index contributed by atoms with van der Waals surface area (Å²) < 4.78 is 6.88. The number of hydrogen-bond donors (Lipinski definition) is 2. The zero-order chi connectivity index (χ0) is 14.3. The summed E-state index contributed by atoms with van der Waals surface area (Å²) in [6.45, 7) is 12.2. The molecule has 0 amide bonds. The molecular weight excluding hydrogens is 274 g/mol. The molecule has 20 heavy (non-hydrogen) atoms. The quantitative estimate of drug-likeness (QED) is 0.387. The van der Waals surface area contributed by atoms with Crippen LogP contribution in [0.15, 0.2) is 18.2 Å². The highest BCUT2D eigenvalue weighted by molar-refractivity contribution is 5.60. The van der Waals surface area contributed by atoms with Crippen molar-refractivity contribution in [3.05, 3.63) is 18.2 Å². The van der Waals surface area contributed by atoms with Crippen molar-refractivity contribution in [2.75, 3.05) is 44.3 Å². The van der Waals surface area contributed by atoms with Crippen LogP contribution in [-0.4, -0.2) is 37.3 Å². The van der Waals surface area contributed by atoms with E-state index in [1.54, 1.807) is 6.07 Å². The number of rotatable bonds is 8. The summed E-state index contributed by atoms with van der Waals surface area (Å²) in [6.07, 6.45) is 1.04. The van der Waals surface area contributed by atoms with Crippen LogP contribution in [0.3, 0.4) is 0 Å². The maximum Gasteiger partial charge on any atom is 0.142 e. The third-order valence-electron chi connectivity index (χ3n) is 4.08. The molecule has 116 valence electrons. The Morgan fingerprint density at radius 3 is 2.15 bits per heavy atom. The number of nitrogens with zero attached hydrogens (tertiary/aromatic N) is 1. The number of nitrogens with two attached hydrogens (primary N) is 2. The summed E-state index contributed by atoms with van der Waals surface area (Å²) >= 11 is 0.